The standard InChI is InChI=1S/C13H21NO4S2/c1-10(11-5-8-18-9-6-11)14-20(16,17)13-3-2-12(19-13)4-7-15/h2-3,10-11,14-15H,4-9H2,1H3. The molecule has 0 amide bonds. The molecule has 2 N–H and O–H groups in total. The van der Waals surface area contributed by atoms with E-state index in [2.05, 4.69) is 4.72 Å². The summed E-state index contributed by atoms with van der Waals surface area (Å²) in [5.74, 6) is 0.329. The van der Waals surface area contributed by atoms with Crippen molar-refractivity contribution in [2.45, 2.75) is 36.4 Å². The Balaban J connectivity index is 2.01. The average Bonchev–Trinajstić information content (AvgIpc) is 2.89. The first kappa shape index (κ1) is 15.9. The maximum atomic E-state index is 12.3. The monoisotopic (exact) mass is 319 g/mol. The van der Waals surface area contributed by atoms with Crippen molar-refractivity contribution >= 4 is 21.4 Å². The van der Waals surface area contributed by atoms with Crippen LogP contribution in [0.2, 0.25) is 0 Å². The molecule has 0 spiro atoms. The van der Waals surface area contributed by atoms with Crippen LogP contribution in [0.15, 0.2) is 16.3 Å². The fourth-order valence-electron chi connectivity index (χ4n) is 2.36. The van der Waals surface area contributed by atoms with Crippen LogP contribution in [-0.2, 0) is 21.2 Å². The summed E-state index contributed by atoms with van der Waals surface area (Å²) in [4.78, 5) is 0.881. The molecule has 0 aromatic carbocycles. The fourth-order valence-corrected chi connectivity index (χ4v) is 5.04. The Morgan fingerprint density at radius 1 is 1.45 bits per heavy atom. The third kappa shape index (κ3) is 4.02. The Bertz CT molecular complexity index is 520. The van der Waals surface area contributed by atoms with Crippen LogP contribution < -0.4 is 4.72 Å². The maximum absolute atomic E-state index is 12.3. The molecule has 1 unspecified atom stereocenters. The molecule has 7 heteroatoms. The van der Waals surface area contributed by atoms with Crippen molar-refractivity contribution in [3.05, 3.63) is 17.0 Å². The van der Waals surface area contributed by atoms with Crippen molar-refractivity contribution in [1.29, 1.82) is 0 Å². The van der Waals surface area contributed by atoms with Crippen LogP contribution in [0, 0.1) is 5.92 Å². The van der Waals surface area contributed by atoms with Crippen LogP contribution in [0.1, 0.15) is 24.6 Å². The second-order valence-electron chi connectivity index (χ2n) is 5.05. The third-order valence-corrected chi connectivity index (χ3v) is 6.77. The summed E-state index contributed by atoms with van der Waals surface area (Å²) in [6.45, 7) is 3.36. The normalized spacial score (nSPS) is 19.1. The molecular formula is C13H21NO4S2. The zero-order valence-corrected chi connectivity index (χ0v) is 13.2. The molecule has 2 rings (SSSR count). The fraction of sp³-hybridized carbons (Fsp3) is 0.692. The molecule has 1 aliphatic heterocycles. The van der Waals surface area contributed by atoms with E-state index in [0.717, 1.165) is 17.7 Å². The topological polar surface area (TPSA) is 75.6 Å². The summed E-state index contributed by atoms with van der Waals surface area (Å²) >= 11 is 1.22. The minimum atomic E-state index is -3.46. The summed E-state index contributed by atoms with van der Waals surface area (Å²) in [6, 6.07) is 3.27. The summed E-state index contributed by atoms with van der Waals surface area (Å²) in [7, 11) is -3.46. The predicted molar refractivity (Wildman–Crippen MR) is 78.4 cm³/mol. The molecule has 1 aromatic heterocycles. The van der Waals surface area contributed by atoms with Gasteiger partial charge >= 0.3 is 0 Å². The summed E-state index contributed by atoms with van der Waals surface area (Å²) in [5.41, 5.74) is 0. The number of thiophene rings is 1. The number of sulfonamides is 1. The zero-order chi connectivity index (χ0) is 14.6. The molecule has 5 nitrogen and oxygen atoms in total. The number of aliphatic hydroxyl groups excluding tert-OH is 1. The number of aliphatic hydroxyl groups is 1. The molecule has 2 heterocycles. The van der Waals surface area contributed by atoms with Crippen LogP contribution in [-0.4, -0.2) is 39.4 Å². The van der Waals surface area contributed by atoms with E-state index in [4.69, 9.17) is 9.84 Å². The Morgan fingerprint density at radius 2 is 2.15 bits per heavy atom. The minimum absolute atomic E-state index is 0.0336. The van der Waals surface area contributed by atoms with Gasteiger partial charge in [-0.15, -0.1) is 11.3 Å². The van der Waals surface area contributed by atoms with Gasteiger partial charge < -0.3 is 9.84 Å². The van der Waals surface area contributed by atoms with Crippen LogP contribution in [0.25, 0.3) is 0 Å². The van der Waals surface area contributed by atoms with Crippen molar-refractivity contribution in [1.82, 2.24) is 4.72 Å². The van der Waals surface area contributed by atoms with E-state index in [-0.39, 0.29) is 12.6 Å². The molecule has 1 saturated heterocycles. The van der Waals surface area contributed by atoms with Crippen LogP contribution in [0.4, 0.5) is 0 Å². The maximum Gasteiger partial charge on any atom is 0.250 e. The lowest BCUT2D eigenvalue weighted by Gasteiger charge is -2.27. The second-order valence-corrected chi connectivity index (χ2v) is 8.16. The van der Waals surface area contributed by atoms with E-state index in [9.17, 15) is 8.42 Å². The van der Waals surface area contributed by atoms with Crippen molar-refractivity contribution in [2.24, 2.45) is 5.92 Å². The largest absolute Gasteiger partial charge is 0.396 e. The van der Waals surface area contributed by atoms with Crippen molar-refractivity contribution in [3.8, 4) is 0 Å². The van der Waals surface area contributed by atoms with Gasteiger partial charge in [-0.1, -0.05) is 0 Å². The Labute approximate surface area is 124 Å². The highest BCUT2D eigenvalue weighted by Crippen LogP contribution is 2.24. The van der Waals surface area contributed by atoms with E-state index in [1.165, 1.54) is 11.3 Å². The molecule has 1 aliphatic rings. The number of nitrogens with one attached hydrogen (secondary N) is 1. The molecular weight excluding hydrogens is 298 g/mol. The quantitative estimate of drug-likeness (QED) is 0.830. The predicted octanol–water partition coefficient (Wildman–Crippen LogP) is 1.38. The first-order valence-electron chi connectivity index (χ1n) is 6.82. The van der Waals surface area contributed by atoms with Crippen LogP contribution in [0.3, 0.4) is 0 Å². The summed E-state index contributed by atoms with van der Waals surface area (Å²) in [6.07, 6.45) is 2.28. The van der Waals surface area contributed by atoms with Crippen LogP contribution >= 0.6 is 11.3 Å². The summed E-state index contributed by atoms with van der Waals surface area (Å²) < 4.78 is 33.0. The van der Waals surface area contributed by atoms with E-state index < -0.39 is 10.0 Å². The SMILES string of the molecule is CC(NS(=O)(=O)c1ccc(CCO)s1)C1CCOCC1. The molecule has 0 bridgehead atoms. The van der Waals surface area contributed by atoms with E-state index in [0.29, 0.717) is 29.8 Å². The molecule has 1 fully saturated rings. The van der Waals surface area contributed by atoms with Crippen molar-refractivity contribution in [3.63, 3.8) is 0 Å². The molecule has 114 valence electrons. The van der Waals surface area contributed by atoms with E-state index in [1.54, 1.807) is 12.1 Å². The Hall–Kier alpha value is -0.470. The van der Waals surface area contributed by atoms with Crippen LogP contribution in [0.5, 0.6) is 0 Å². The van der Waals surface area contributed by atoms with E-state index >= 15 is 0 Å². The van der Waals surface area contributed by atoms with Gasteiger partial charge in [-0.3, -0.25) is 0 Å². The lowest BCUT2D eigenvalue weighted by atomic mass is 9.94. The van der Waals surface area contributed by atoms with Gasteiger partial charge in [0.05, 0.1) is 0 Å². The molecule has 20 heavy (non-hydrogen) atoms. The van der Waals surface area contributed by atoms with Gasteiger partial charge in [-0.25, -0.2) is 13.1 Å². The van der Waals surface area contributed by atoms with Gasteiger partial charge in [0.15, 0.2) is 0 Å². The van der Waals surface area contributed by atoms with Gasteiger partial charge in [0.2, 0.25) is 10.0 Å². The molecule has 1 aromatic rings. The lowest BCUT2D eigenvalue weighted by molar-refractivity contribution is 0.0586. The minimum Gasteiger partial charge on any atom is -0.396 e. The Kier molecular flexibility index (Phi) is 5.57. The van der Waals surface area contributed by atoms with Crippen molar-refractivity contribution in [2.75, 3.05) is 19.8 Å². The van der Waals surface area contributed by atoms with Gasteiger partial charge in [-0.2, -0.15) is 0 Å². The second kappa shape index (κ2) is 7.00. The number of hydrogen-bond acceptors (Lipinski definition) is 5. The first-order valence-corrected chi connectivity index (χ1v) is 9.12. The highest BCUT2D eigenvalue weighted by molar-refractivity contribution is 7.91. The average molecular weight is 319 g/mol. The summed E-state index contributed by atoms with van der Waals surface area (Å²) in [5, 5.41) is 8.88. The number of rotatable bonds is 6. The molecule has 1 atom stereocenters. The van der Waals surface area contributed by atoms with Gasteiger partial charge in [0.1, 0.15) is 4.21 Å². The number of ether oxygens (including phenoxy) is 1. The zero-order valence-electron chi connectivity index (χ0n) is 11.5. The first-order chi connectivity index (χ1) is 9.53. The lowest BCUT2D eigenvalue weighted by Crippen LogP contribution is -2.39. The van der Waals surface area contributed by atoms with Gasteiger partial charge in [0, 0.05) is 37.2 Å². The molecule has 0 saturated carbocycles. The molecule has 0 aliphatic carbocycles. The van der Waals surface area contributed by atoms with Crippen molar-refractivity contribution < 1.29 is 18.3 Å². The highest BCUT2D eigenvalue weighted by atomic mass is 32.2. The van der Waals surface area contributed by atoms with Gasteiger partial charge in [0.25, 0.3) is 0 Å². The third-order valence-electron chi connectivity index (χ3n) is 3.57. The highest BCUT2D eigenvalue weighted by Gasteiger charge is 2.26. The smallest absolute Gasteiger partial charge is 0.250 e. The molecule has 0 radical (unpaired) electrons. The van der Waals surface area contributed by atoms with Gasteiger partial charge in [-0.05, 0) is 37.8 Å². The Morgan fingerprint density at radius 3 is 2.80 bits per heavy atom. The van der Waals surface area contributed by atoms with E-state index in [1.807, 2.05) is 6.92 Å². The number of hydrogen-bond donors (Lipinski definition) is 2.